The first kappa shape index (κ1) is 12.4. The third kappa shape index (κ3) is 2.14. The van der Waals surface area contributed by atoms with E-state index < -0.39 is 6.09 Å². The predicted octanol–water partition coefficient (Wildman–Crippen LogP) is 2.30. The van der Waals surface area contributed by atoms with E-state index in [0.29, 0.717) is 12.1 Å². The molecule has 1 N–H and O–H groups in total. The summed E-state index contributed by atoms with van der Waals surface area (Å²) in [6.07, 6.45) is 1.00. The molecule has 96 valence electrons. The van der Waals surface area contributed by atoms with Crippen molar-refractivity contribution < 1.29 is 14.7 Å². The van der Waals surface area contributed by atoms with Crippen molar-refractivity contribution in [2.45, 2.75) is 20.3 Å². The molecule has 1 aromatic heterocycles. The number of amides is 1. The quantitative estimate of drug-likeness (QED) is 0.844. The molecule has 0 saturated carbocycles. The largest absolute Gasteiger partial charge is 0.462 e. The molecule has 6 heteroatoms. The highest BCUT2D eigenvalue weighted by atomic mass is 16.7. The Hall–Kier alpha value is -2.08. The van der Waals surface area contributed by atoms with Crippen LogP contribution in [0.25, 0.3) is 11.0 Å². The third-order valence-electron chi connectivity index (χ3n) is 2.54. The Morgan fingerprint density at radius 1 is 1.56 bits per heavy atom. The zero-order chi connectivity index (χ0) is 13.1. The van der Waals surface area contributed by atoms with E-state index >= 15 is 0 Å². The third-order valence-corrected chi connectivity index (χ3v) is 2.54. The lowest BCUT2D eigenvalue weighted by molar-refractivity contribution is 0.0554. The molecule has 0 radical (unpaired) electrons. The van der Waals surface area contributed by atoms with Gasteiger partial charge < -0.3 is 5.11 Å². The number of nitrogens with zero attached hydrogens (tertiary/aromatic N) is 3. The summed E-state index contributed by atoms with van der Waals surface area (Å²) in [6.45, 7) is 4.17. The molecule has 0 spiro atoms. The van der Waals surface area contributed by atoms with Crippen LogP contribution in [0.2, 0.25) is 0 Å². The zero-order valence-corrected chi connectivity index (χ0v) is 10.3. The van der Waals surface area contributed by atoms with Crippen LogP contribution >= 0.6 is 0 Å². The number of aromatic nitrogens is 2. The average Bonchev–Trinajstić information content (AvgIpc) is 2.75. The Balaban J connectivity index is 2.44. The van der Waals surface area contributed by atoms with Gasteiger partial charge >= 0.3 is 6.09 Å². The minimum Gasteiger partial charge on any atom is -0.462 e. The van der Waals surface area contributed by atoms with Crippen molar-refractivity contribution in [2.24, 2.45) is 0 Å². The molecule has 2 rings (SSSR count). The summed E-state index contributed by atoms with van der Waals surface area (Å²) < 4.78 is 1.39. The first-order chi connectivity index (χ1) is 8.65. The van der Waals surface area contributed by atoms with E-state index in [-0.39, 0.29) is 0 Å². The number of fused-ring (bicyclic) bond motifs is 1. The van der Waals surface area contributed by atoms with Crippen LogP contribution in [-0.2, 0) is 4.84 Å². The molecule has 0 aliphatic heterocycles. The second-order valence-electron chi connectivity index (χ2n) is 3.92. The normalized spacial score (nSPS) is 10.8. The summed E-state index contributed by atoms with van der Waals surface area (Å²) in [5, 5.41) is 9.96. The summed E-state index contributed by atoms with van der Waals surface area (Å²) in [6, 6.07) is 5.59. The lowest BCUT2D eigenvalue weighted by atomic mass is 10.2. The van der Waals surface area contributed by atoms with Crippen molar-refractivity contribution in [2.75, 3.05) is 11.8 Å². The van der Waals surface area contributed by atoms with Crippen molar-refractivity contribution in [3.05, 3.63) is 30.1 Å². The number of rotatable bonds is 4. The van der Waals surface area contributed by atoms with Gasteiger partial charge in [0.1, 0.15) is 6.33 Å². The Morgan fingerprint density at radius 3 is 3.00 bits per heavy atom. The topological polar surface area (TPSA) is 67.6 Å². The highest BCUT2D eigenvalue weighted by Crippen LogP contribution is 2.17. The average molecular weight is 249 g/mol. The van der Waals surface area contributed by atoms with Crippen LogP contribution in [0.4, 0.5) is 4.79 Å². The maximum atomic E-state index is 11.2. The van der Waals surface area contributed by atoms with Gasteiger partial charge in [0.05, 0.1) is 17.6 Å². The van der Waals surface area contributed by atoms with Crippen LogP contribution in [0, 0.1) is 6.92 Å². The van der Waals surface area contributed by atoms with Crippen molar-refractivity contribution in [1.29, 1.82) is 0 Å². The molecule has 6 nitrogen and oxygen atoms in total. The number of imidazole rings is 1. The lowest BCUT2D eigenvalue weighted by Gasteiger charge is -2.19. The highest BCUT2D eigenvalue weighted by Gasteiger charge is 2.18. The SMILES string of the molecule is CCCON(C(=O)O)n1cnc2c(C)cccc21. The maximum absolute atomic E-state index is 11.2. The van der Waals surface area contributed by atoms with Gasteiger partial charge in [-0.15, -0.1) is 0 Å². The number of carboxylic acid groups (broad SMARTS) is 1. The number of hydroxylamine groups is 1. The lowest BCUT2D eigenvalue weighted by Crippen LogP contribution is -2.39. The molecule has 0 saturated heterocycles. The molecule has 0 aliphatic rings. The van der Waals surface area contributed by atoms with E-state index in [0.717, 1.165) is 22.7 Å². The molecule has 1 amide bonds. The number of hydrogen-bond donors (Lipinski definition) is 1. The fourth-order valence-corrected chi connectivity index (χ4v) is 1.70. The molecular formula is C12H15N3O3. The van der Waals surface area contributed by atoms with Crippen LogP contribution in [0.5, 0.6) is 0 Å². The monoisotopic (exact) mass is 249 g/mol. The fourth-order valence-electron chi connectivity index (χ4n) is 1.70. The number of carbonyl (C=O) groups is 1. The van der Waals surface area contributed by atoms with E-state index in [1.807, 2.05) is 26.0 Å². The van der Waals surface area contributed by atoms with Crippen LogP contribution in [0.3, 0.4) is 0 Å². The summed E-state index contributed by atoms with van der Waals surface area (Å²) >= 11 is 0. The van der Waals surface area contributed by atoms with Gasteiger partial charge in [-0.1, -0.05) is 24.2 Å². The van der Waals surface area contributed by atoms with Crippen molar-refractivity contribution in [3.8, 4) is 0 Å². The van der Waals surface area contributed by atoms with Gasteiger partial charge in [0.25, 0.3) is 0 Å². The first-order valence-electron chi connectivity index (χ1n) is 5.74. The van der Waals surface area contributed by atoms with Crippen molar-refractivity contribution in [3.63, 3.8) is 0 Å². The van der Waals surface area contributed by atoms with E-state index in [2.05, 4.69) is 4.98 Å². The van der Waals surface area contributed by atoms with Gasteiger partial charge in [0.2, 0.25) is 0 Å². The van der Waals surface area contributed by atoms with Crippen LogP contribution < -0.4 is 5.17 Å². The number of aryl methyl sites for hydroxylation is 1. The molecule has 1 heterocycles. The van der Waals surface area contributed by atoms with Crippen molar-refractivity contribution >= 4 is 17.1 Å². The van der Waals surface area contributed by atoms with Crippen molar-refractivity contribution in [1.82, 2.24) is 9.66 Å². The number of benzene rings is 1. The van der Waals surface area contributed by atoms with Crippen LogP contribution in [-0.4, -0.2) is 27.5 Å². The Kier molecular flexibility index (Phi) is 3.47. The molecule has 1 aromatic carbocycles. The van der Waals surface area contributed by atoms with Gasteiger partial charge in [-0.3, -0.25) is 0 Å². The molecule has 0 atom stereocenters. The van der Waals surface area contributed by atoms with E-state index in [4.69, 9.17) is 9.94 Å². The minimum absolute atomic E-state index is 0.331. The van der Waals surface area contributed by atoms with Gasteiger partial charge in [-0.2, -0.15) is 0 Å². The minimum atomic E-state index is -1.18. The Bertz CT molecular complexity index is 565. The zero-order valence-electron chi connectivity index (χ0n) is 10.3. The van der Waals surface area contributed by atoms with Gasteiger partial charge in [-0.05, 0) is 25.0 Å². The van der Waals surface area contributed by atoms with Crippen LogP contribution in [0.1, 0.15) is 18.9 Å². The van der Waals surface area contributed by atoms with E-state index in [9.17, 15) is 4.79 Å². The Labute approximate surface area is 104 Å². The maximum Gasteiger partial charge on any atom is 0.452 e. The van der Waals surface area contributed by atoms with Gasteiger partial charge in [-0.25, -0.2) is 19.3 Å². The molecule has 2 aromatic rings. The smallest absolute Gasteiger partial charge is 0.452 e. The Morgan fingerprint density at radius 2 is 2.33 bits per heavy atom. The standard InChI is InChI=1S/C12H15N3O3/c1-3-7-18-15(12(16)17)14-8-13-11-9(2)5-4-6-10(11)14/h4-6,8H,3,7H2,1-2H3,(H,16,17). The second-order valence-corrected chi connectivity index (χ2v) is 3.92. The number of hydrogen-bond acceptors (Lipinski definition) is 3. The molecule has 18 heavy (non-hydrogen) atoms. The first-order valence-corrected chi connectivity index (χ1v) is 5.74. The summed E-state index contributed by atoms with van der Waals surface area (Å²) in [4.78, 5) is 20.6. The summed E-state index contributed by atoms with van der Waals surface area (Å²) in [5.41, 5.74) is 2.46. The second kappa shape index (κ2) is 5.05. The molecule has 0 unspecified atom stereocenters. The van der Waals surface area contributed by atoms with Crippen LogP contribution in [0.15, 0.2) is 24.5 Å². The van der Waals surface area contributed by atoms with E-state index in [1.165, 1.54) is 11.0 Å². The molecule has 0 aliphatic carbocycles. The predicted molar refractivity (Wildman–Crippen MR) is 67.0 cm³/mol. The molecule has 0 bridgehead atoms. The highest BCUT2D eigenvalue weighted by molar-refractivity contribution is 5.82. The molecule has 0 fully saturated rings. The molecular weight excluding hydrogens is 234 g/mol. The fraction of sp³-hybridized carbons (Fsp3) is 0.333. The summed E-state index contributed by atoms with van der Waals surface area (Å²) in [5.74, 6) is 0. The van der Waals surface area contributed by atoms with Gasteiger partial charge in [0, 0.05) is 0 Å². The number of para-hydroxylation sites is 1. The summed E-state index contributed by atoms with van der Waals surface area (Å²) in [7, 11) is 0. The van der Waals surface area contributed by atoms with E-state index in [1.54, 1.807) is 6.07 Å². The van der Waals surface area contributed by atoms with Gasteiger partial charge in [0.15, 0.2) is 0 Å².